The number of carbonyl (C=O) groups is 1. The number of nitrogens with zero attached hydrogens (tertiary/aromatic N) is 5. The van der Waals surface area contributed by atoms with E-state index >= 15 is 0 Å². The summed E-state index contributed by atoms with van der Waals surface area (Å²) in [4.78, 5) is 24.0. The number of piperidine rings is 1. The van der Waals surface area contributed by atoms with Crippen molar-refractivity contribution in [1.29, 1.82) is 0 Å². The molecule has 1 aliphatic rings. The van der Waals surface area contributed by atoms with Gasteiger partial charge in [-0.3, -0.25) is 9.48 Å². The first-order chi connectivity index (χ1) is 12.3. The molecule has 1 amide bonds. The molecule has 0 N–H and O–H groups in total. The van der Waals surface area contributed by atoms with Crippen LogP contribution in [0.3, 0.4) is 0 Å². The molecular formula is C20H29N5O. The van der Waals surface area contributed by atoms with E-state index in [1.807, 2.05) is 43.3 Å². The van der Waals surface area contributed by atoms with Gasteiger partial charge in [-0.25, -0.2) is 9.97 Å². The second-order valence-corrected chi connectivity index (χ2v) is 8.10. The average molecular weight is 355 g/mol. The maximum atomic E-state index is 12.7. The van der Waals surface area contributed by atoms with Crippen molar-refractivity contribution in [3.8, 4) is 11.4 Å². The Bertz CT molecular complexity index is 790. The van der Waals surface area contributed by atoms with Crippen molar-refractivity contribution in [3.63, 3.8) is 0 Å². The third-order valence-electron chi connectivity index (χ3n) is 4.90. The van der Waals surface area contributed by atoms with Gasteiger partial charge in [-0.1, -0.05) is 20.8 Å². The largest absolute Gasteiger partial charge is 0.342 e. The molecule has 0 aromatic carbocycles. The Hall–Kier alpha value is -2.24. The van der Waals surface area contributed by atoms with Gasteiger partial charge in [0.1, 0.15) is 5.82 Å². The average Bonchev–Trinajstić information content (AvgIpc) is 3.08. The van der Waals surface area contributed by atoms with E-state index in [1.54, 1.807) is 6.20 Å². The van der Waals surface area contributed by atoms with Crippen LogP contribution in [0.1, 0.15) is 58.0 Å². The summed E-state index contributed by atoms with van der Waals surface area (Å²) in [6.45, 7) is 12.3. The SMILES string of the molecule is CCn1nccc1-c1cc([C@@H]2CCCN(C(=O)C(C)(C)C)C2)nc(C)n1. The summed E-state index contributed by atoms with van der Waals surface area (Å²) in [6.07, 6.45) is 3.87. The number of aryl methyl sites for hydroxylation is 2. The Balaban J connectivity index is 1.88. The van der Waals surface area contributed by atoms with Gasteiger partial charge in [-0.2, -0.15) is 5.10 Å². The van der Waals surface area contributed by atoms with Crippen molar-refractivity contribution in [1.82, 2.24) is 24.6 Å². The first kappa shape index (κ1) is 18.5. The van der Waals surface area contributed by atoms with Crippen molar-refractivity contribution in [2.45, 2.75) is 59.9 Å². The Labute approximate surface area is 155 Å². The van der Waals surface area contributed by atoms with E-state index in [1.165, 1.54) is 0 Å². The Morgan fingerprint density at radius 3 is 2.77 bits per heavy atom. The lowest BCUT2D eigenvalue weighted by atomic mass is 9.89. The lowest BCUT2D eigenvalue weighted by Crippen LogP contribution is -2.44. The van der Waals surface area contributed by atoms with Crippen LogP contribution in [0.4, 0.5) is 0 Å². The van der Waals surface area contributed by atoms with Crippen LogP contribution >= 0.6 is 0 Å². The molecular weight excluding hydrogens is 326 g/mol. The fourth-order valence-electron chi connectivity index (χ4n) is 3.61. The summed E-state index contributed by atoms with van der Waals surface area (Å²) >= 11 is 0. The van der Waals surface area contributed by atoms with E-state index < -0.39 is 0 Å². The summed E-state index contributed by atoms with van der Waals surface area (Å²) < 4.78 is 1.95. The van der Waals surface area contributed by atoms with E-state index in [0.717, 1.165) is 55.4 Å². The topological polar surface area (TPSA) is 63.9 Å². The van der Waals surface area contributed by atoms with Crippen LogP contribution in [0.25, 0.3) is 11.4 Å². The number of amides is 1. The number of hydrogen-bond donors (Lipinski definition) is 0. The van der Waals surface area contributed by atoms with Crippen molar-refractivity contribution >= 4 is 5.91 Å². The van der Waals surface area contributed by atoms with Gasteiger partial charge in [0.25, 0.3) is 0 Å². The monoisotopic (exact) mass is 355 g/mol. The van der Waals surface area contributed by atoms with Gasteiger partial charge in [0.15, 0.2) is 0 Å². The molecule has 0 saturated carbocycles. The molecule has 3 rings (SSSR count). The molecule has 1 fully saturated rings. The highest BCUT2D eigenvalue weighted by Crippen LogP contribution is 2.30. The molecule has 2 aromatic heterocycles. The van der Waals surface area contributed by atoms with Gasteiger partial charge in [0.2, 0.25) is 5.91 Å². The van der Waals surface area contributed by atoms with Crippen molar-refractivity contribution < 1.29 is 4.79 Å². The van der Waals surface area contributed by atoms with Crippen LogP contribution in [0.15, 0.2) is 18.3 Å². The smallest absolute Gasteiger partial charge is 0.227 e. The predicted molar refractivity (Wildman–Crippen MR) is 102 cm³/mol. The number of carbonyl (C=O) groups excluding carboxylic acids is 1. The maximum absolute atomic E-state index is 12.7. The van der Waals surface area contributed by atoms with E-state index in [0.29, 0.717) is 0 Å². The summed E-state index contributed by atoms with van der Waals surface area (Å²) in [5.41, 5.74) is 2.61. The van der Waals surface area contributed by atoms with E-state index in [-0.39, 0.29) is 17.2 Å². The highest BCUT2D eigenvalue weighted by Gasteiger charge is 2.32. The molecule has 3 heterocycles. The highest BCUT2D eigenvalue weighted by molar-refractivity contribution is 5.81. The molecule has 0 bridgehead atoms. The van der Waals surface area contributed by atoms with Crippen LogP contribution in [0.5, 0.6) is 0 Å². The van der Waals surface area contributed by atoms with Crippen LogP contribution < -0.4 is 0 Å². The molecule has 1 atom stereocenters. The molecule has 0 spiro atoms. The minimum atomic E-state index is -0.345. The number of rotatable bonds is 3. The molecule has 0 unspecified atom stereocenters. The first-order valence-corrected chi connectivity index (χ1v) is 9.46. The van der Waals surface area contributed by atoms with Gasteiger partial charge in [0, 0.05) is 42.9 Å². The first-order valence-electron chi connectivity index (χ1n) is 9.46. The fourth-order valence-corrected chi connectivity index (χ4v) is 3.61. The highest BCUT2D eigenvalue weighted by atomic mass is 16.2. The zero-order valence-electron chi connectivity index (χ0n) is 16.5. The standard InChI is InChI=1S/C20H29N5O/c1-6-25-18(9-10-21-25)17-12-16(22-14(2)23-17)15-8-7-11-24(13-15)19(26)20(3,4)5/h9-10,12,15H,6-8,11,13H2,1-5H3/t15-/m1/s1. The van der Waals surface area contributed by atoms with Gasteiger partial charge in [0.05, 0.1) is 11.4 Å². The van der Waals surface area contributed by atoms with E-state index in [9.17, 15) is 4.79 Å². The van der Waals surface area contributed by atoms with Gasteiger partial charge < -0.3 is 4.90 Å². The van der Waals surface area contributed by atoms with Gasteiger partial charge in [-0.05, 0) is 38.8 Å². The van der Waals surface area contributed by atoms with Gasteiger partial charge in [-0.15, -0.1) is 0 Å². The van der Waals surface area contributed by atoms with E-state index in [4.69, 9.17) is 4.98 Å². The predicted octanol–water partition coefficient (Wildman–Crippen LogP) is 3.42. The van der Waals surface area contributed by atoms with E-state index in [2.05, 4.69) is 23.1 Å². The number of hydrogen-bond acceptors (Lipinski definition) is 4. The lowest BCUT2D eigenvalue weighted by Gasteiger charge is -2.36. The second kappa shape index (κ2) is 7.17. The molecule has 26 heavy (non-hydrogen) atoms. The summed E-state index contributed by atoms with van der Waals surface area (Å²) in [6, 6.07) is 4.07. The third kappa shape index (κ3) is 3.79. The molecule has 2 aromatic rings. The number of aromatic nitrogens is 4. The van der Waals surface area contributed by atoms with Crippen LogP contribution in [-0.2, 0) is 11.3 Å². The quantitative estimate of drug-likeness (QED) is 0.846. The zero-order valence-corrected chi connectivity index (χ0v) is 16.5. The normalized spacial score (nSPS) is 18.2. The van der Waals surface area contributed by atoms with Crippen molar-refractivity contribution in [3.05, 3.63) is 29.8 Å². The molecule has 0 radical (unpaired) electrons. The summed E-state index contributed by atoms with van der Waals surface area (Å²) in [5, 5.41) is 4.35. The van der Waals surface area contributed by atoms with Crippen LogP contribution in [0.2, 0.25) is 0 Å². The number of likely N-dealkylation sites (tertiary alicyclic amines) is 1. The van der Waals surface area contributed by atoms with Gasteiger partial charge >= 0.3 is 0 Å². The Morgan fingerprint density at radius 1 is 1.31 bits per heavy atom. The van der Waals surface area contributed by atoms with Crippen molar-refractivity contribution in [2.24, 2.45) is 5.41 Å². The molecule has 140 valence electrons. The second-order valence-electron chi connectivity index (χ2n) is 8.10. The lowest BCUT2D eigenvalue weighted by molar-refractivity contribution is -0.140. The molecule has 1 saturated heterocycles. The minimum absolute atomic E-state index is 0.220. The van der Waals surface area contributed by atoms with Crippen molar-refractivity contribution in [2.75, 3.05) is 13.1 Å². The molecule has 0 aliphatic carbocycles. The minimum Gasteiger partial charge on any atom is -0.342 e. The molecule has 1 aliphatic heterocycles. The zero-order chi connectivity index (χ0) is 18.9. The molecule has 6 heteroatoms. The maximum Gasteiger partial charge on any atom is 0.227 e. The fraction of sp³-hybridized carbons (Fsp3) is 0.600. The van der Waals surface area contributed by atoms with Crippen LogP contribution in [0, 0.1) is 12.3 Å². The summed E-state index contributed by atoms with van der Waals surface area (Å²) in [5.74, 6) is 1.24. The molecule has 6 nitrogen and oxygen atoms in total. The third-order valence-corrected chi connectivity index (χ3v) is 4.90. The Morgan fingerprint density at radius 2 is 2.08 bits per heavy atom. The van der Waals surface area contributed by atoms with Crippen LogP contribution in [-0.4, -0.2) is 43.6 Å². The summed E-state index contributed by atoms with van der Waals surface area (Å²) in [7, 11) is 0. The Kier molecular flexibility index (Phi) is 5.12.